The van der Waals surface area contributed by atoms with Crippen LogP contribution in [0, 0.1) is 0 Å². The maximum Gasteiger partial charge on any atom is 0.441 e. The molecule has 0 fully saturated rings. The van der Waals surface area contributed by atoms with E-state index < -0.39 is 5.51 Å². The van der Waals surface area contributed by atoms with Gasteiger partial charge in [-0.25, -0.2) is 0 Å². The number of nitrogens with one attached hydrogen (secondary N) is 1. The third-order valence-electron chi connectivity index (χ3n) is 1.69. The van der Waals surface area contributed by atoms with Crippen molar-refractivity contribution >= 4 is 29.6 Å². The first kappa shape index (κ1) is 14.6. The zero-order valence-corrected chi connectivity index (χ0v) is 10.6. The van der Waals surface area contributed by atoms with Crippen LogP contribution >= 0.6 is 11.8 Å². The molecule has 3 N–H and O–H groups in total. The fraction of sp³-hybridized carbons (Fsp3) is 0.625. The minimum absolute atomic E-state index is 0.0136. The third kappa shape index (κ3) is 5.25. The molecule has 0 aliphatic carbocycles. The molecular weight excluding hydrogens is 269 g/mol. The Bertz CT molecular complexity index is 397. The fourth-order valence-corrected chi connectivity index (χ4v) is 1.42. The minimum Gasteiger partial charge on any atom is -0.368 e. The van der Waals surface area contributed by atoms with E-state index in [1.807, 2.05) is 0 Å². The first-order valence-electron chi connectivity index (χ1n) is 4.91. The van der Waals surface area contributed by atoms with Gasteiger partial charge in [0.15, 0.2) is 0 Å². The number of nitrogens with zero attached hydrogens (tertiary/aromatic N) is 4. The van der Waals surface area contributed by atoms with Gasteiger partial charge < -0.3 is 16.0 Å². The van der Waals surface area contributed by atoms with Gasteiger partial charge in [0.25, 0.3) is 0 Å². The molecule has 0 saturated heterocycles. The van der Waals surface area contributed by atoms with E-state index in [-0.39, 0.29) is 36.0 Å². The van der Waals surface area contributed by atoms with Crippen LogP contribution in [0.3, 0.4) is 0 Å². The van der Waals surface area contributed by atoms with Gasteiger partial charge in [-0.1, -0.05) is 0 Å². The highest BCUT2D eigenvalue weighted by Crippen LogP contribution is 2.29. The van der Waals surface area contributed by atoms with E-state index >= 15 is 0 Å². The highest BCUT2D eigenvalue weighted by molar-refractivity contribution is 8.00. The van der Waals surface area contributed by atoms with Crippen LogP contribution in [0.25, 0.3) is 0 Å². The molecule has 0 aliphatic heterocycles. The van der Waals surface area contributed by atoms with Crippen molar-refractivity contribution in [3.05, 3.63) is 0 Å². The molecule has 0 saturated carbocycles. The second-order valence-corrected chi connectivity index (χ2v) is 4.59. The normalized spacial score (nSPS) is 11.4. The molecule has 0 radical (unpaired) electrons. The van der Waals surface area contributed by atoms with Gasteiger partial charge in [-0.2, -0.15) is 28.1 Å². The molecule has 0 unspecified atom stereocenters. The molecule has 1 aromatic rings. The molecule has 10 heteroatoms. The lowest BCUT2D eigenvalue weighted by molar-refractivity contribution is -0.0327. The number of hydrogen-bond donors (Lipinski definition) is 2. The molecule has 0 aliphatic rings. The number of nitrogens with two attached hydrogens (primary N) is 1. The molecule has 6 nitrogen and oxygen atoms in total. The predicted octanol–water partition coefficient (Wildman–Crippen LogP) is 1.18. The van der Waals surface area contributed by atoms with Crippen molar-refractivity contribution < 1.29 is 13.2 Å². The Morgan fingerprint density at radius 2 is 1.94 bits per heavy atom. The lowest BCUT2D eigenvalue weighted by Crippen LogP contribution is -2.17. The minimum atomic E-state index is -4.23. The number of nitrogen functional groups attached to an aromatic ring is 1. The number of thioether (sulfide) groups is 1. The monoisotopic (exact) mass is 282 g/mol. The second-order valence-electron chi connectivity index (χ2n) is 3.43. The smallest absolute Gasteiger partial charge is 0.368 e. The van der Waals surface area contributed by atoms with Crippen LogP contribution in [0.1, 0.15) is 0 Å². The average molecular weight is 282 g/mol. The van der Waals surface area contributed by atoms with Gasteiger partial charge >= 0.3 is 5.51 Å². The standard InChI is InChI=1S/C8H13F3N6S/c1-17(2)7-15-5(12)14-6(16-7)13-3-4-18-8(9,10)11/h3-4H2,1-2H3,(H3,12,13,14,15,16). The molecule has 1 aromatic heterocycles. The first-order chi connectivity index (χ1) is 8.28. The van der Waals surface area contributed by atoms with Crippen molar-refractivity contribution in [1.82, 2.24) is 15.0 Å². The lowest BCUT2D eigenvalue weighted by atomic mass is 10.7. The van der Waals surface area contributed by atoms with E-state index in [9.17, 15) is 13.2 Å². The van der Waals surface area contributed by atoms with Crippen molar-refractivity contribution in [2.75, 3.05) is 42.3 Å². The Balaban J connectivity index is 2.52. The average Bonchev–Trinajstić information content (AvgIpc) is 2.22. The number of halogens is 3. The Labute approximate surface area is 106 Å². The molecule has 18 heavy (non-hydrogen) atoms. The number of anilines is 3. The number of hydrogen-bond acceptors (Lipinski definition) is 7. The Kier molecular flexibility index (Phi) is 4.82. The zero-order chi connectivity index (χ0) is 13.8. The quantitative estimate of drug-likeness (QED) is 0.785. The fourth-order valence-electron chi connectivity index (χ4n) is 0.989. The van der Waals surface area contributed by atoms with E-state index in [2.05, 4.69) is 20.3 Å². The molecule has 0 spiro atoms. The summed E-state index contributed by atoms with van der Waals surface area (Å²) in [5, 5.41) is 2.66. The van der Waals surface area contributed by atoms with Crippen LogP contribution in [0.15, 0.2) is 0 Å². The maximum absolute atomic E-state index is 11.9. The second kappa shape index (κ2) is 5.94. The van der Waals surface area contributed by atoms with E-state index in [1.54, 1.807) is 19.0 Å². The molecule has 1 rings (SSSR count). The van der Waals surface area contributed by atoms with Crippen LogP contribution in [0.5, 0.6) is 0 Å². The Morgan fingerprint density at radius 1 is 1.28 bits per heavy atom. The summed E-state index contributed by atoms with van der Waals surface area (Å²) in [6.45, 7) is 0.0838. The number of aromatic nitrogens is 3. The van der Waals surface area contributed by atoms with Gasteiger partial charge in [0, 0.05) is 26.4 Å². The molecule has 0 bridgehead atoms. The maximum atomic E-state index is 11.9. The highest BCUT2D eigenvalue weighted by atomic mass is 32.2. The van der Waals surface area contributed by atoms with Crippen molar-refractivity contribution in [2.24, 2.45) is 0 Å². The van der Waals surface area contributed by atoms with Crippen LogP contribution in [-0.2, 0) is 0 Å². The third-order valence-corrected chi connectivity index (χ3v) is 2.43. The van der Waals surface area contributed by atoms with E-state index in [4.69, 9.17) is 5.73 Å². The highest BCUT2D eigenvalue weighted by Gasteiger charge is 2.27. The van der Waals surface area contributed by atoms with Gasteiger partial charge in [0.2, 0.25) is 17.8 Å². The Hall–Kier alpha value is -1.45. The summed E-state index contributed by atoms with van der Waals surface area (Å²) in [4.78, 5) is 13.2. The summed E-state index contributed by atoms with van der Waals surface area (Å²) in [6, 6.07) is 0. The van der Waals surface area contributed by atoms with E-state index in [1.165, 1.54) is 0 Å². The van der Waals surface area contributed by atoms with E-state index in [0.717, 1.165) is 0 Å². The number of alkyl halides is 3. The van der Waals surface area contributed by atoms with Gasteiger partial charge in [-0.3, -0.25) is 0 Å². The summed E-state index contributed by atoms with van der Waals surface area (Å²) in [5.74, 6) is 0.383. The first-order valence-corrected chi connectivity index (χ1v) is 5.90. The lowest BCUT2D eigenvalue weighted by Gasteiger charge is -2.12. The molecule has 0 atom stereocenters. The molecule has 1 heterocycles. The van der Waals surface area contributed by atoms with Crippen LogP contribution < -0.4 is 16.0 Å². The summed E-state index contributed by atoms with van der Waals surface area (Å²) in [7, 11) is 3.44. The van der Waals surface area contributed by atoms with Gasteiger partial charge in [-0.15, -0.1) is 0 Å². The molecule has 102 valence electrons. The van der Waals surface area contributed by atoms with Crippen molar-refractivity contribution in [3.8, 4) is 0 Å². The topological polar surface area (TPSA) is 80.0 Å². The summed E-state index contributed by atoms with van der Waals surface area (Å²) < 4.78 is 35.6. The van der Waals surface area contributed by atoms with Crippen molar-refractivity contribution in [2.45, 2.75) is 5.51 Å². The van der Waals surface area contributed by atoms with Crippen LogP contribution in [-0.4, -0.2) is 46.9 Å². The zero-order valence-electron chi connectivity index (χ0n) is 9.82. The van der Waals surface area contributed by atoms with Crippen LogP contribution in [0.4, 0.5) is 31.0 Å². The summed E-state index contributed by atoms with van der Waals surface area (Å²) in [6.07, 6.45) is 0. The van der Waals surface area contributed by atoms with Gasteiger partial charge in [-0.05, 0) is 11.8 Å². The van der Waals surface area contributed by atoms with Crippen molar-refractivity contribution in [1.29, 1.82) is 0 Å². The van der Waals surface area contributed by atoms with E-state index in [0.29, 0.717) is 5.95 Å². The van der Waals surface area contributed by atoms with Crippen LogP contribution in [0.2, 0.25) is 0 Å². The summed E-state index contributed by atoms with van der Waals surface area (Å²) in [5.41, 5.74) is 1.23. The number of rotatable bonds is 5. The predicted molar refractivity (Wildman–Crippen MR) is 65.6 cm³/mol. The molecular formula is C8H13F3N6S. The van der Waals surface area contributed by atoms with Crippen molar-refractivity contribution in [3.63, 3.8) is 0 Å². The largest absolute Gasteiger partial charge is 0.441 e. The Morgan fingerprint density at radius 3 is 2.50 bits per heavy atom. The molecule has 0 amide bonds. The van der Waals surface area contributed by atoms with Gasteiger partial charge in [0.05, 0.1) is 0 Å². The molecule has 0 aromatic carbocycles. The summed E-state index contributed by atoms with van der Waals surface area (Å²) >= 11 is -0.108. The van der Waals surface area contributed by atoms with Gasteiger partial charge in [0.1, 0.15) is 0 Å². The SMILES string of the molecule is CN(C)c1nc(N)nc(NCCSC(F)(F)F)n1.